The maximum atomic E-state index is 12.9. The van der Waals surface area contributed by atoms with Crippen molar-refractivity contribution in [3.63, 3.8) is 0 Å². The van der Waals surface area contributed by atoms with Gasteiger partial charge >= 0.3 is 0 Å². The summed E-state index contributed by atoms with van der Waals surface area (Å²) in [6, 6.07) is 11.0. The lowest BCUT2D eigenvalue weighted by molar-refractivity contribution is 0.0951. The van der Waals surface area contributed by atoms with Crippen LogP contribution in [0.2, 0.25) is 0 Å². The van der Waals surface area contributed by atoms with Gasteiger partial charge in [0.1, 0.15) is 5.82 Å². The van der Waals surface area contributed by atoms with Crippen LogP contribution in [0, 0.1) is 5.82 Å². The number of amides is 1. The summed E-state index contributed by atoms with van der Waals surface area (Å²) in [7, 11) is 0. The lowest BCUT2D eigenvalue weighted by Gasteiger charge is -2.13. The van der Waals surface area contributed by atoms with Crippen LogP contribution in [0.1, 0.15) is 29.8 Å². The molecule has 0 fully saturated rings. The van der Waals surface area contributed by atoms with Crippen LogP contribution in [-0.4, -0.2) is 19.1 Å². The second-order valence-electron chi connectivity index (χ2n) is 4.84. The Morgan fingerprint density at radius 1 is 1.00 bits per heavy atom. The number of rotatable bonds is 7. The second kappa shape index (κ2) is 8.17. The zero-order valence-corrected chi connectivity index (χ0v) is 13.3. The molecule has 2 aromatic rings. The SMILES string of the molecule is CCOc1ccc(CNC(=O)c2ccc(F)cc2)cc1OCC. The molecule has 0 unspecified atom stereocenters. The van der Waals surface area contributed by atoms with Gasteiger partial charge in [-0.3, -0.25) is 4.79 Å². The van der Waals surface area contributed by atoms with E-state index in [1.165, 1.54) is 24.3 Å². The minimum absolute atomic E-state index is 0.253. The van der Waals surface area contributed by atoms with Crippen molar-refractivity contribution in [3.05, 3.63) is 59.4 Å². The zero-order chi connectivity index (χ0) is 16.7. The standard InChI is InChI=1S/C18H20FNO3/c1-3-22-16-10-5-13(11-17(16)23-4-2)12-20-18(21)14-6-8-15(19)9-7-14/h5-11H,3-4,12H2,1-2H3,(H,20,21). The maximum Gasteiger partial charge on any atom is 0.251 e. The number of halogens is 1. The zero-order valence-electron chi connectivity index (χ0n) is 13.3. The molecule has 1 N–H and O–H groups in total. The Hall–Kier alpha value is -2.56. The van der Waals surface area contributed by atoms with Crippen molar-refractivity contribution in [2.75, 3.05) is 13.2 Å². The molecule has 0 radical (unpaired) electrons. The van der Waals surface area contributed by atoms with E-state index in [-0.39, 0.29) is 11.7 Å². The Morgan fingerprint density at radius 2 is 1.65 bits per heavy atom. The first-order valence-corrected chi connectivity index (χ1v) is 7.56. The number of hydrogen-bond donors (Lipinski definition) is 1. The van der Waals surface area contributed by atoms with E-state index in [1.54, 1.807) is 0 Å². The molecule has 0 aliphatic carbocycles. The summed E-state index contributed by atoms with van der Waals surface area (Å²) in [5, 5.41) is 2.80. The quantitative estimate of drug-likeness (QED) is 0.849. The highest BCUT2D eigenvalue weighted by molar-refractivity contribution is 5.94. The van der Waals surface area contributed by atoms with Crippen LogP contribution in [0.5, 0.6) is 11.5 Å². The predicted molar refractivity (Wildman–Crippen MR) is 86.4 cm³/mol. The Balaban J connectivity index is 2.03. The van der Waals surface area contributed by atoms with Crippen LogP contribution in [0.25, 0.3) is 0 Å². The van der Waals surface area contributed by atoms with Crippen molar-refractivity contribution in [2.24, 2.45) is 0 Å². The molecule has 2 aromatic carbocycles. The Bertz CT molecular complexity index is 656. The van der Waals surface area contributed by atoms with Crippen LogP contribution < -0.4 is 14.8 Å². The summed E-state index contributed by atoms with van der Waals surface area (Å²) in [4.78, 5) is 12.0. The molecule has 0 aromatic heterocycles. The normalized spacial score (nSPS) is 10.2. The fraction of sp³-hybridized carbons (Fsp3) is 0.278. The van der Waals surface area contributed by atoms with Gasteiger partial charge in [0.05, 0.1) is 13.2 Å². The van der Waals surface area contributed by atoms with Gasteiger partial charge in [-0.15, -0.1) is 0 Å². The highest BCUT2D eigenvalue weighted by Gasteiger charge is 2.08. The lowest BCUT2D eigenvalue weighted by Crippen LogP contribution is -2.22. The first kappa shape index (κ1) is 16.8. The average Bonchev–Trinajstić information content (AvgIpc) is 2.56. The molecule has 0 atom stereocenters. The van der Waals surface area contributed by atoms with Gasteiger partial charge in [0.15, 0.2) is 11.5 Å². The summed E-state index contributed by atoms with van der Waals surface area (Å²) in [6.45, 7) is 5.25. The van der Waals surface area contributed by atoms with Gasteiger partial charge in [-0.1, -0.05) is 6.07 Å². The summed E-state index contributed by atoms with van der Waals surface area (Å²) in [5.41, 5.74) is 1.31. The molecule has 2 rings (SSSR count). The highest BCUT2D eigenvalue weighted by atomic mass is 19.1. The van der Waals surface area contributed by atoms with E-state index in [2.05, 4.69) is 5.32 Å². The van der Waals surface area contributed by atoms with E-state index in [4.69, 9.17) is 9.47 Å². The van der Waals surface area contributed by atoms with E-state index in [9.17, 15) is 9.18 Å². The van der Waals surface area contributed by atoms with Crippen LogP contribution in [0.4, 0.5) is 4.39 Å². The average molecular weight is 317 g/mol. The molecule has 0 saturated carbocycles. The Kier molecular flexibility index (Phi) is 5.97. The molecule has 122 valence electrons. The van der Waals surface area contributed by atoms with Crippen molar-refractivity contribution in [1.29, 1.82) is 0 Å². The first-order chi connectivity index (χ1) is 11.1. The van der Waals surface area contributed by atoms with Crippen molar-refractivity contribution < 1.29 is 18.7 Å². The lowest BCUT2D eigenvalue weighted by atomic mass is 10.1. The third-order valence-corrected chi connectivity index (χ3v) is 3.17. The van der Waals surface area contributed by atoms with Crippen molar-refractivity contribution >= 4 is 5.91 Å². The predicted octanol–water partition coefficient (Wildman–Crippen LogP) is 3.55. The third-order valence-electron chi connectivity index (χ3n) is 3.17. The van der Waals surface area contributed by atoms with E-state index >= 15 is 0 Å². The van der Waals surface area contributed by atoms with E-state index in [0.29, 0.717) is 36.8 Å². The minimum Gasteiger partial charge on any atom is -0.490 e. The van der Waals surface area contributed by atoms with Gasteiger partial charge < -0.3 is 14.8 Å². The topological polar surface area (TPSA) is 47.6 Å². The van der Waals surface area contributed by atoms with Crippen molar-refractivity contribution in [2.45, 2.75) is 20.4 Å². The summed E-state index contributed by atoms with van der Waals surface area (Å²) in [5.74, 6) is 0.720. The number of carbonyl (C=O) groups excluding carboxylic acids is 1. The van der Waals surface area contributed by atoms with E-state index in [0.717, 1.165) is 5.56 Å². The van der Waals surface area contributed by atoms with Gasteiger partial charge in [0.2, 0.25) is 0 Å². The number of carbonyl (C=O) groups is 1. The van der Waals surface area contributed by atoms with Gasteiger partial charge in [-0.05, 0) is 55.8 Å². The number of hydrogen-bond acceptors (Lipinski definition) is 3. The number of nitrogens with one attached hydrogen (secondary N) is 1. The fourth-order valence-electron chi connectivity index (χ4n) is 2.09. The molecular weight excluding hydrogens is 297 g/mol. The third kappa shape index (κ3) is 4.71. The maximum absolute atomic E-state index is 12.9. The van der Waals surface area contributed by atoms with Gasteiger partial charge in [0.25, 0.3) is 5.91 Å². The van der Waals surface area contributed by atoms with Crippen LogP contribution in [0.15, 0.2) is 42.5 Å². The number of benzene rings is 2. The second-order valence-corrected chi connectivity index (χ2v) is 4.84. The monoisotopic (exact) mass is 317 g/mol. The summed E-state index contributed by atoms with van der Waals surface area (Å²) >= 11 is 0. The molecule has 23 heavy (non-hydrogen) atoms. The molecular formula is C18H20FNO3. The molecule has 0 saturated heterocycles. The van der Waals surface area contributed by atoms with Gasteiger partial charge in [-0.2, -0.15) is 0 Å². The van der Waals surface area contributed by atoms with E-state index < -0.39 is 0 Å². The number of ether oxygens (including phenoxy) is 2. The van der Waals surface area contributed by atoms with Gasteiger partial charge in [-0.25, -0.2) is 4.39 Å². The Morgan fingerprint density at radius 3 is 2.30 bits per heavy atom. The molecule has 0 aliphatic heterocycles. The first-order valence-electron chi connectivity index (χ1n) is 7.56. The Labute approximate surface area is 135 Å². The van der Waals surface area contributed by atoms with Crippen LogP contribution in [0.3, 0.4) is 0 Å². The molecule has 4 nitrogen and oxygen atoms in total. The minimum atomic E-state index is -0.366. The summed E-state index contributed by atoms with van der Waals surface area (Å²) in [6.07, 6.45) is 0. The summed E-state index contributed by atoms with van der Waals surface area (Å²) < 4.78 is 23.9. The van der Waals surface area contributed by atoms with Crippen molar-refractivity contribution in [3.8, 4) is 11.5 Å². The van der Waals surface area contributed by atoms with Crippen LogP contribution >= 0.6 is 0 Å². The molecule has 0 bridgehead atoms. The molecule has 5 heteroatoms. The molecule has 1 amide bonds. The molecule has 0 aliphatic rings. The van der Waals surface area contributed by atoms with Crippen LogP contribution in [-0.2, 0) is 6.54 Å². The van der Waals surface area contributed by atoms with Gasteiger partial charge in [0, 0.05) is 12.1 Å². The molecule has 0 heterocycles. The van der Waals surface area contributed by atoms with E-state index in [1.807, 2.05) is 32.0 Å². The largest absolute Gasteiger partial charge is 0.490 e. The van der Waals surface area contributed by atoms with Crippen molar-refractivity contribution in [1.82, 2.24) is 5.32 Å². The smallest absolute Gasteiger partial charge is 0.251 e. The highest BCUT2D eigenvalue weighted by Crippen LogP contribution is 2.28. The fourth-order valence-corrected chi connectivity index (χ4v) is 2.09. The molecule has 0 spiro atoms.